The predicted molar refractivity (Wildman–Crippen MR) is 105 cm³/mol. The van der Waals surface area contributed by atoms with Gasteiger partial charge in [0, 0.05) is 5.57 Å². The lowest BCUT2D eigenvalue weighted by molar-refractivity contribution is -0.136. The molecule has 0 aromatic rings. The average molecular weight is 339 g/mol. The van der Waals surface area contributed by atoms with E-state index in [1.54, 1.807) is 0 Å². The number of carbonyl (C=O) groups is 1. The first kappa shape index (κ1) is 23.2. The van der Waals surface area contributed by atoms with E-state index in [2.05, 4.69) is 19.9 Å². The fourth-order valence-corrected chi connectivity index (χ4v) is 3.07. The number of carbonyl (C=O) groups excluding carboxylic acids is 1. The van der Waals surface area contributed by atoms with E-state index in [1.165, 1.54) is 90.6 Å². The molecule has 2 nitrogen and oxygen atoms in total. The molecule has 142 valence electrons. The minimum Gasteiger partial charge on any atom is -0.466 e. The average Bonchev–Trinajstić information content (AvgIpc) is 2.60. The molecule has 0 spiro atoms. The topological polar surface area (TPSA) is 26.3 Å². The molecule has 0 N–H and O–H groups in total. The van der Waals surface area contributed by atoms with Gasteiger partial charge in [0.2, 0.25) is 0 Å². The van der Waals surface area contributed by atoms with Crippen LogP contribution in [0.15, 0.2) is 11.6 Å². The van der Waals surface area contributed by atoms with Crippen molar-refractivity contribution >= 4 is 5.97 Å². The molecular weight excluding hydrogens is 296 g/mol. The zero-order valence-electron chi connectivity index (χ0n) is 16.7. The van der Waals surface area contributed by atoms with Crippen molar-refractivity contribution in [3.63, 3.8) is 0 Å². The van der Waals surface area contributed by atoms with Crippen LogP contribution in [0.2, 0.25) is 0 Å². The molecule has 0 aliphatic heterocycles. The number of allylic oxidation sites excluding steroid dienone is 1. The highest BCUT2D eigenvalue weighted by atomic mass is 16.5. The van der Waals surface area contributed by atoms with Gasteiger partial charge in [0.05, 0.1) is 7.11 Å². The molecule has 0 aliphatic carbocycles. The highest BCUT2D eigenvalue weighted by molar-refractivity contribution is 5.88. The van der Waals surface area contributed by atoms with Gasteiger partial charge in [-0.1, -0.05) is 97.0 Å². The summed E-state index contributed by atoms with van der Waals surface area (Å²) in [5.74, 6) is -0.121. The van der Waals surface area contributed by atoms with Gasteiger partial charge in [-0.25, -0.2) is 4.79 Å². The van der Waals surface area contributed by atoms with Crippen molar-refractivity contribution in [2.24, 2.45) is 0 Å². The minimum absolute atomic E-state index is 0.121. The minimum atomic E-state index is -0.121. The summed E-state index contributed by atoms with van der Waals surface area (Å²) in [6.07, 6.45) is 22.3. The summed E-state index contributed by atoms with van der Waals surface area (Å²) >= 11 is 0. The van der Waals surface area contributed by atoms with Gasteiger partial charge < -0.3 is 4.74 Å². The van der Waals surface area contributed by atoms with Crippen molar-refractivity contribution in [3.8, 4) is 0 Å². The van der Waals surface area contributed by atoms with E-state index in [9.17, 15) is 4.79 Å². The van der Waals surface area contributed by atoms with E-state index in [1.807, 2.05) is 0 Å². The van der Waals surface area contributed by atoms with Crippen LogP contribution in [0.5, 0.6) is 0 Å². The van der Waals surface area contributed by atoms with E-state index in [0.29, 0.717) is 0 Å². The Bertz CT molecular complexity index is 307. The quantitative estimate of drug-likeness (QED) is 0.157. The molecular formula is C22H42O2. The normalized spacial score (nSPS) is 11.7. The van der Waals surface area contributed by atoms with Gasteiger partial charge in [-0.15, -0.1) is 0 Å². The van der Waals surface area contributed by atoms with Gasteiger partial charge in [0.1, 0.15) is 0 Å². The van der Waals surface area contributed by atoms with E-state index in [4.69, 9.17) is 4.74 Å². The molecule has 0 aromatic heterocycles. The summed E-state index contributed by atoms with van der Waals surface area (Å²) in [7, 11) is 1.49. The van der Waals surface area contributed by atoms with E-state index >= 15 is 0 Å². The Morgan fingerprint density at radius 1 is 0.708 bits per heavy atom. The Balaban J connectivity index is 3.80. The van der Waals surface area contributed by atoms with Crippen LogP contribution in [0.1, 0.15) is 117 Å². The summed E-state index contributed by atoms with van der Waals surface area (Å²) in [5, 5.41) is 0. The Morgan fingerprint density at radius 3 is 1.67 bits per heavy atom. The van der Waals surface area contributed by atoms with Crippen LogP contribution < -0.4 is 0 Å². The number of hydrogen-bond donors (Lipinski definition) is 0. The highest BCUT2D eigenvalue weighted by Crippen LogP contribution is 2.16. The fraction of sp³-hybridized carbons (Fsp3) is 0.864. The Hall–Kier alpha value is -0.790. The Labute approximate surface area is 151 Å². The monoisotopic (exact) mass is 338 g/mol. The fourth-order valence-electron chi connectivity index (χ4n) is 3.07. The molecule has 2 heteroatoms. The van der Waals surface area contributed by atoms with Crippen LogP contribution in [0.3, 0.4) is 0 Å². The van der Waals surface area contributed by atoms with Crippen molar-refractivity contribution in [2.75, 3.05) is 7.11 Å². The molecule has 0 saturated heterocycles. The lowest BCUT2D eigenvalue weighted by Crippen LogP contribution is -2.05. The van der Waals surface area contributed by atoms with Gasteiger partial charge in [0.15, 0.2) is 0 Å². The van der Waals surface area contributed by atoms with E-state index < -0.39 is 0 Å². The third kappa shape index (κ3) is 14.8. The maximum atomic E-state index is 11.9. The van der Waals surface area contributed by atoms with Crippen LogP contribution >= 0.6 is 0 Å². The number of ether oxygens (including phenoxy) is 1. The van der Waals surface area contributed by atoms with E-state index in [0.717, 1.165) is 24.8 Å². The van der Waals surface area contributed by atoms with Crippen molar-refractivity contribution < 1.29 is 9.53 Å². The molecule has 0 radical (unpaired) electrons. The molecule has 0 atom stereocenters. The van der Waals surface area contributed by atoms with Crippen LogP contribution in [0.4, 0.5) is 0 Å². The molecule has 0 unspecified atom stereocenters. The number of esters is 1. The lowest BCUT2D eigenvalue weighted by Gasteiger charge is -2.06. The third-order valence-electron chi connectivity index (χ3n) is 4.70. The zero-order valence-corrected chi connectivity index (χ0v) is 16.7. The first-order valence-corrected chi connectivity index (χ1v) is 10.5. The highest BCUT2D eigenvalue weighted by Gasteiger charge is 2.08. The van der Waals surface area contributed by atoms with Crippen LogP contribution in [-0.2, 0) is 9.53 Å². The molecule has 0 aliphatic rings. The van der Waals surface area contributed by atoms with E-state index in [-0.39, 0.29) is 5.97 Å². The first-order valence-electron chi connectivity index (χ1n) is 10.5. The van der Waals surface area contributed by atoms with Gasteiger partial charge in [-0.3, -0.25) is 0 Å². The van der Waals surface area contributed by atoms with Crippen LogP contribution in [0.25, 0.3) is 0 Å². The summed E-state index contributed by atoms with van der Waals surface area (Å²) in [4.78, 5) is 11.9. The lowest BCUT2D eigenvalue weighted by atomic mass is 10.0. The molecule has 0 fully saturated rings. The molecule has 0 rings (SSSR count). The van der Waals surface area contributed by atoms with Gasteiger partial charge >= 0.3 is 5.97 Å². The van der Waals surface area contributed by atoms with Gasteiger partial charge in [-0.05, 0) is 25.7 Å². The largest absolute Gasteiger partial charge is 0.466 e. The number of hydrogen-bond acceptors (Lipinski definition) is 2. The molecule has 0 amide bonds. The standard InChI is InChI=1S/C22H42O2/c1-4-6-8-10-12-14-16-18-20-21(22(23)24-3)19-17-15-13-11-9-7-5-2/h19H,4-18,20H2,1-3H3/b21-19+. The number of methoxy groups -OCH3 is 1. The second-order valence-electron chi connectivity index (χ2n) is 7.00. The molecule has 0 aromatic carbocycles. The Kier molecular flexibility index (Phi) is 17.9. The summed E-state index contributed by atoms with van der Waals surface area (Å²) in [6.45, 7) is 4.50. The van der Waals surface area contributed by atoms with Crippen molar-refractivity contribution in [3.05, 3.63) is 11.6 Å². The maximum Gasteiger partial charge on any atom is 0.333 e. The molecule has 0 saturated carbocycles. The van der Waals surface area contributed by atoms with Crippen LogP contribution in [-0.4, -0.2) is 13.1 Å². The van der Waals surface area contributed by atoms with Crippen molar-refractivity contribution in [1.82, 2.24) is 0 Å². The summed E-state index contributed by atoms with van der Waals surface area (Å²) < 4.78 is 4.94. The molecule has 24 heavy (non-hydrogen) atoms. The first-order chi connectivity index (χ1) is 11.8. The number of unbranched alkanes of at least 4 members (excludes halogenated alkanes) is 13. The molecule has 0 bridgehead atoms. The van der Waals surface area contributed by atoms with Crippen LogP contribution in [0, 0.1) is 0 Å². The van der Waals surface area contributed by atoms with Gasteiger partial charge in [-0.2, -0.15) is 0 Å². The third-order valence-corrected chi connectivity index (χ3v) is 4.70. The Morgan fingerprint density at radius 2 is 1.17 bits per heavy atom. The van der Waals surface area contributed by atoms with Crippen molar-refractivity contribution in [2.45, 2.75) is 117 Å². The smallest absolute Gasteiger partial charge is 0.333 e. The maximum absolute atomic E-state index is 11.9. The van der Waals surface area contributed by atoms with Gasteiger partial charge in [0.25, 0.3) is 0 Å². The second-order valence-corrected chi connectivity index (χ2v) is 7.00. The van der Waals surface area contributed by atoms with Crippen molar-refractivity contribution in [1.29, 1.82) is 0 Å². The summed E-state index contributed by atoms with van der Waals surface area (Å²) in [6, 6.07) is 0. The molecule has 0 heterocycles. The SMILES string of the molecule is CCCCCCCC/C=C(\CCCCCCCCCC)C(=O)OC. The predicted octanol–water partition coefficient (Wildman–Crippen LogP) is 7.37. The summed E-state index contributed by atoms with van der Waals surface area (Å²) in [5.41, 5.74) is 0.900. The zero-order chi connectivity index (χ0) is 17.9. The number of rotatable bonds is 17. The second kappa shape index (κ2) is 18.5.